The first-order valence-electron chi connectivity index (χ1n) is 10.5. The number of likely N-dealkylation sites (tertiary alicyclic amines) is 1. The van der Waals surface area contributed by atoms with Crippen molar-refractivity contribution in [2.45, 2.75) is 33.3 Å². The summed E-state index contributed by atoms with van der Waals surface area (Å²) >= 11 is 0. The molecule has 32 heavy (non-hydrogen) atoms. The molecular formula is C24H26F2N2O4. The number of rotatable bonds is 8. The van der Waals surface area contributed by atoms with Gasteiger partial charge in [0.05, 0.1) is 6.61 Å². The third kappa shape index (κ3) is 5.84. The van der Waals surface area contributed by atoms with E-state index in [0.717, 1.165) is 25.9 Å². The van der Waals surface area contributed by atoms with Crippen molar-refractivity contribution in [2.24, 2.45) is 0 Å². The third-order valence-corrected chi connectivity index (χ3v) is 5.13. The maximum atomic E-state index is 12.7. The van der Waals surface area contributed by atoms with Crippen molar-refractivity contribution >= 4 is 23.6 Å². The van der Waals surface area contributed by atoms with E-state index in [2.05, 4.69) is 10.1 Å². The standard InChI is InChI=1S/C24H26F2N2O4/c1-3-31-21-15-17(9-11-20(21)32-24(25)26)10-12-22(29)27-19-8-6-7-18(16(19)2)23(30)28-13-4-5-14-28/h6-12,15,24H,3-5,13-14H2,1-2H3,(H,27,29)/b12-10+. The van der Waals surface area contributed by atoms with Gasteiger partial charge < -0.3 is 19.7 Å². The lowest BCUT2D eigenvalue weighted by Gasteiger charge is -2.18. The molecule has 0 aromatic heterocycles. The van der Waals surface area contributed by atoms with Crippen LogP contribution in [0.25, 0.3) is 6.08 Å². The first-order chi connectivity index (χ1) is 15.4. The Hall–Kier alpha value is -3.42. The van der Waals surface area contributed by atoms with Gasteiger partial charge in [0, 0.05) is 30.4 Å². The highest BCUT2D eigenvalue weighted by Crippen LogP contribution is 2.30. The highest BCUT2D eigenvalue weighted by molar-refractivity contribution is 6.04. The number of amides is 2. The Morgan fingerprint density at radius 1 is 1.16 bits per heavy atom. The van der Waals surface area contributed by atoms with Gasteiger partial charge in [-0.2, -0.15) is 8.78 Å². The summed E-state index contributed by atoms with van der Waals surface area (Å²) in [5.41, 5.74) is 2.42. The Labute approximate surface area is 185 Å². The maximum Gasteiger partial charge on any atom is 0.387 e. The predicted octanol–water partition coefficient (Wildman–Crippen LogP) is 4.88. The summed E-state index contributed by atoms with van der Waals surface area (Å²) in [4.78, 5) is 27.0. The smallest absolute Gasteiger partial charge is 0.387 e. The van der Waals surface area contributed by atoms with Gasteiger partial charge in [-0.1, -0.05) is 12.1 Å². The summed E-state index contributed by atoms with van der Waals surface area (Å²) in [6.07, 6.45) is 4.88. The lowest BCUT2D eigenvalue weighted by atomic mass is 10.1. The van der Waals surface area contributed by atoms with Crippen LogP contribution >= 0.6 is 0 Å². The number of hydrogen-bond donors (Lipinski definition) is 1. The second-order valence-corrected chi connectivity index (χ2v) is 7.32. The quantitative estimate of drug-likeness (QED) is 0.589. The van der Waals surface area contributed by atoms with Gasteiger partial charge in [-0.3, -0.25) is 9.59 Å². The van der Waals surface area contributed by atoms with E-state index in [4.69, 9.17) is 4.74 Å². The Morgan fingerprint density at radius 3 is 2.59 bits per heavy atom. The molecule has 3 rings (SSSR count). The minimum atomic E-state index is -2.96. The zero-order valence-electron chi connectivity index (χ0n) is 18.1. The van der Waals surface area contributed by atoms with Crippen molar-refractivity contribution in [3.05, 3.63) is 59.2 Å². The SMILES string of the molecule is CCOc1cc(/C=C/C(=O)Nc2cccc(C(=O)N3CCCC3)c2C)ccc1OC(F)F. The fraction of sp³-hybridized carbons (Fsp3) is 0.333. The minimum absolute atomic E-state index is 0.0267. The lowest BCUT2D eigenvalue weighted by molar-refractivity contribution is -0.111. The molecule has 1 aliphatic heterocycles. The largest absolute Gasteiger partial charge is 0.490 e. The van der Waals surface area contributed by atoms with Crippen LogP contribution in [0.2, 0.25) is 0 Å². The summed E-state index contributed by atoms with van der Waals surface area (Å²) in [6, 6.07) is 9.68. The van der Waals surface area contributed by atoms with E-state index in [-0.39, 0.29) is 29.9 Å². The first kappa shape index (κ1) is 23.2. The van der Waals surface area contributed by atoms with E-state index >= 15 is 0 Å². The summed E-state index contributed by atoms with van der Waals surface area (Å²) < 4.78 is 34.9. The molecule has 8 heteroatoms. The van der Waals surface area contributed by atoms with Crippen LogP contribution in [-0.2, 0) is 4.79 Å². The van der Waals surface area contributed by atoms with Crippen molar-refractivity contribution in [1.82, 2.24) is 4.90 Å². The number of halogens is 2. The Balaban J connectivity index is 1.71. The second-order valence-electron chi connectivity index (χ2n) is 7.32. The van der Waals surface area contributed by atoms with Crippen molar-refractivity contribution in [2.75, 3.05) is 25.0 Å². The molecule has 0 radical (unpaired) electrons. The van der Waals surface area contributed by atoms with Crippen molar-refractivity contribution in [3.8, 4) is 11.5 Å². The molecule has 0 atom stereocenters. The number of anilines is 1. The zero-order chi connectivity index (χ0) is 23.1. The molecule has 170 valence electrons. The molecule has 2 aromatic carbocycles. The lowest BCUT2D eigenvalue weighted by Crippen LogP contribution is -2.28. The monoisotopic (exact) mass is 444 g/mol. The van der Waals surface area contributed by atoms with Crippen molar-refractivity contribution < 1.29 is 27.8 Å². The van der Waals surface area contributed by atoms with E-state index in [1.807, 2.05) is 4.90 Å². The molecule has 1 fully saturated rings. The molecule has 0 bridgehead atoms. The van der Waals surface area contributed by atoms with Crippen LogP contribution in [-0.4, -0.2) is 43.0 Å². The van der Waals surface area contributed by atoms with Crippen LogP contribution in [0.5, 0.6) is 11.5 Å². The maximum absolute atomic E-state index is 12.7. The number of carbonyl (C=O) groups excluding carboxylic acids is 2. The molecule has 1 saturated heterocycles. The fourth-order valence-corrected chi connectivity index (χ4v) is 3.53. The molecule has 0 unspecified atom stereocenters. The molecule has 0 aliphatic carbocycles. The molecular weight excluding hydrogens is 418 g/mol. The molecule has 0 spiro atoms. The van der Waals surface area contributed by atoms with E-state index in [1.54, 1.807) is 44.2 Å². The van der Waals surface area contributed by atoms with Gasteiger partial charge in [-0.05, 0) is 68.2 Å². The number of carbonyl (C=O) groups is 2. The molecule has 0 saturated carbocycles. The van der Waals surface area contributed by atoms with Crippen LogP contribution in [0.15, 0.2) is 42.5 Å². The zero-order valence-corrected chi connectivity index (χ0v) is 18.1. The number of benzene rings is 2. The summed E-state index contributed by atoms with van der Waals surface area (Å²) in [6.45, 7) is 2.35. The fourth-order valence-electron chi connectivity index (χ4n) is 3.53. The van der Waals surface area contributed by atoms with E-state index in [9.17, 15) is 18.4 Å². The average Bonchev–Trinajstić information content (AvgIpc) is 3.30. The first-order valence-corrected chi connectivity index (χ1v) is 10.5. The van der Waals surface area contributed by atoms with Crippen molar-refractivity contribution in [1.29, 1.82) is 0 Å². The molecule has 1 N–H and O–H groups in total. The van der Waals surface area contributed by atoms with Gasteiger partial charge in [0.2, 0.25) is 5.91 Å². The van der Waals surface area contributed by atoms with Crippen molar-refractivity contribution in [3.63, 3.8) is 0 Å². The van der Waals surface area contributed by atoms with Crippen LogP contribution in [0, 0.1) is 6.92 Å². The summed E-state index contributed by atoms with van der Waals surface area (Å²) in [7, 11) is 0. The van der Waals surface area contributed by atoms with Gasteiger partial charge in [0.25, 0.3) is 5.91 Å². The number of nitrogens with zero attached hydrogens (tertiary/aromatic N) is 1. The molecule has 2 aromatic rings. The highest BCUT2D eigenvalue weighted by Gasteiger charge is 2.21. The summed E-state index contributed by atoms with van der Waals surface area (Å²) in [5.74, 6) is -0.316. The average molecular weight is 444 g/mol. The Kier molecular flexibility index (Phi) is 7.81. The molecule has 1 aliphatic rings. The van der Waals surface area contributed by atoms with Gasteiger partial charge in [0.1, 0.15) is 0 Å². The van der Waals surface area contributed by atoms with E-state index in [0.29, 0.717) is 22.4 Å². The van der Waals surface area contributed by atoms with Gasteiger partial charge in [-0.25, -0.2) is 0 Å². The molecule has 6 nitrogen and oxygen atoms in total. The predicted molar refractivity (Wildman–Crippen MR) is 118 cm³/mol. The van der Waals surface area contributed by atoms with Crippen LogP contribution in [0.1, 0.15) is 41.3 Å². The van der Waals surface area contributed by atoms with Gasteiger partial charge in [0.15, 0.2) is 11.5 Å². The second kappa shape index (κ2) is 10.7. The normalized spacial score (nSPS) is 13.6. The third-order valence-electron chi connectivity index (χ3n) is 5.13. The van der Waals surface area contributed by atoms with E-state index < -0.39 is 6.61 Å². The number of hydrogen-bond acceptors (Lipinski definition) is 4. The van der Waals surface area contributed by atoms with Gasteiger partial charge in [-0.15, -0.1) is 0 Å². The Morgan fingerprint density at radius 2 is 1.91 bits per heavy atom. The number of ether oxygens (including phenoxy) is 2. The van der Waals surface area contributed by atoms with Crippen LogP contribution in [0.3, 0.4) is 0 Å². The highest BCUT2D eigenvalue weighted by atomic mass is 19.3. The topological polar surface area (TPSA) is 67.9 Å². The van der Waals surface area contributed by atoms with Gasteiger partial charge >= 0.3 is 6.61 Å². The molecule has 1 heterocycles. The minimum Gasteiger partial charge on any atom is -0.490 e. The van der Waals surface area contributed by atoms with E-state index in [1.165, 1.54) is 18.2 Å². The van der Waals surface area contributed by atoms with Crippen LogP contribution < -0.4 is 14.8 Å². The number of nitrogens with one attached hydrogen (secondary N) is 1. The summed E-state index contributed by atoms with van der Waals surface area (Å²) in [5, 5.41) is 2.79. The number of alkyl halides is 2. The molecule has 2 amide bonds. The van der Waals surface area contributed by atoms with Crippen LogP contribution in [0.4, 0.5) is 14.5 Å². The Bertz CT molecular complexity index is 1000.